The fourth-order valence-corrected chi connectivity index (χ4v) is 3.82. The third kappa shape index (κ3) is 2.80. The van der Waals surface area contributed by atoms with Gasteiger partial charge in [-0.25, -0.2) is 5.01 Å². The predicted octanol–water partition coefficient (Wildman–Crippen LogP) is 4.44. The number of hydrogen-bond acceptors (Lipinski definition) is 7. The van der Waals surface area contributed by atoms with E-state index in [0.29, 0.717) is 23.7 Å². The Bertz CT molecular complexity index is 1090. The van der Waals surface area contributed by atoms with Gasteiger partial charge in [0.05, 0.1) is 24.3 Å². The Morgan fingerprint density at radius 2 is 2.00 bits per heavy atom. The summed E-state index contributed by atoms with van der Waals surface area (Å²) in [6.45, 7) is 0. The fourth-order valence-electron chi connectivity index (χ4n) is 3.82. The third-order valence-electron chi connectivity index (χ3n) is 5.19. The smallest absolute Gasteiger partial charge is 0.269 e. The van der Waals surface area contributed by atoms with Crippen molar-refractivity contribution in [3.63, 3.8) is 0 Å². The van der Waals surface area contributed by atoms with E-state index in [1.54, 1.807) is 25.5 Å². The average molecular weight is 391 g/mol. The van der Waals surface area contributed by atoms with E-state index in [0.717, 1.165) is 16.8 Å². The summed E-state index contributed by atoms with van der Waals surface area (Å²) in [5.41, 5.74) is 2.60. The van der Waals surface area contributed by atoms with Gasteiger partial charge in [-0.05, 0) is 30.3 Å². The molecule has 2 aromatic carbocycles. The van der Waals surface area contributed by atoms with Crippen LogP contribution in [-0.4, -0.2) is 22.8 Å². The number of nitrogens with zero attached hydrogens (tertiary/aromatic N) is 3. The van der Waals surface area contributed by atoms with Gasteiger partial charge in [-0.1, -0.05) is 12.1 Å². The van der Waals surface area contributed by atoms with Crippen LogP contribution in [0.4, 0.5) is 5.69 Å². The van der Waals surface area contributed by atoms with Crippen molar-refractivity contribution in [3.8, 4) is 11.5 Å². The molecule has 2 aliphatic heterocycles. The Hall–Kier alpha value is -3.81. The SMILES string of the molecule is COc1cccc2c1OC(c1ccc([N+](=O)[O-])cc1)N1N=C(c3ccco3)CC21. The van der Waals surface area contributed by atoms with E-state index < -0.39 is 11.2 Å². The molecule has 0 N–H and O–H groups in total. The quantitative estimate of drug-likeness (QED) is 0.482. The molecule has 0 saturated carbocycles. The second-order valence-electron chi connectivity index (χ2n) is 6.82. The second-order valence-corrected chi connectivity index (χ2v) is 6.82. The van der Waals surface area contributed by atoms with E-state index in [1.165, 1.54) is 12.1 Å². The highest BCUT2D eigenvalue weighted by atomic mass is 16.6. The van der Waals surface area contributed by atoms with Gasteiger partial charge in [0.1, 0.15) is 11.5 Å². The number of para-hydroxylation sites is 1. The summed E-state index contributed by atoms with van der Waals surface area (Å²) in [6.07, 6.45) is 1.73. The molecule has 0 fully saturated rings. The molecule has 1 aromatic heterocycles. The Morgan fingerprint density at radius 3 is 2.69 bits per heavy atom. The summed E-state index contributed by atoms with van der Waals surface area (Å²) in [7, 11) is 1.60. The van der Waals surface area contributed by atoms with E-state index in [1.807, 2.05) is 35.3 Å². The van der Waals surface area contributed by atoms with Crippen molar-refractivity contribution in [1.82, 2.24) is 5.01 Å². The molecule has 5 rings (SSSR count). The molecule has 2 unspecified atom stereocenters. The predicted molar refractivity (Wildman–Crippen MR) is 104 cm³/mol. The van der Waals surface area contributed by atoms with Gasteiger partial charge in [-0.3, -0.25) is 10.1 Å². The van der Waals surface area contributed by atoms with Gasteiger partial charge in [0, 0.05) is 29.7 Å². The highest BCUT2D eigenvalue weighted by Gasteiger charge is 2.42. The molecule has 3 aromatic rings. The Kier molecular flexibility index (Phi) is 3.97. The number of nitro benzene ring substituents is 1. The number of non-ortho nitro benzene ring substituents is 1. The molecule has 146 valence electrons. The van der Waals surface area contributed by atoms with Crippen molar-refractivity contribution in [1.29, 1.82) is 0 Å². The molecule has 0 radical (unpaired) electrons. The molecule has 0 bridgehead atoms. The Labute approximate surface area is 166 Å². The first-order valence-corrected chi connectivity index (χ1v) is 9.13. The van der Waals surface area contributed by atoms with Crippen LogP contribution in [0.15, 0.2) is 70.4 Å². The summed E-state index contributed by atoms with van der Waals surface area (Å²) in [5, 5.41) is 17.7. The maximum absolute atomic E-state index is 11.0. The maximum atomic E-state index is 11.0. The number of methoxy groups -OCH3 is 1. The molecule has 0 saturated heterocycles. The van der Waals surface area contributed by atoms with Crippen LogP contribution in [0.25, 0.3) is 0 Å². The lowest BCUT2D eigenvalue weighted by Gasteiger charge is -2.38. The summed E-state index contributed by atoms with van der Waals surface area (Å²) < 4.78 is 17.4. The van der Waals surface area contributed by atoms with E-state index in [9.17, 15) is 10.1 Å². The van der Waals surface area contributed by atoms with Gasteiger partial charge in [0.15, 0.2) is 11.5 Å². The van der Waals surface area contributed by atoms with Crippen LogP contribution in [0.2, 0.25) is 0 Å². The second kappa shape index (κ2) is 6.66. The van der Waals surface area contributed by atoms with Crippen molar-refractivity contribution >= 4 is 11.4 Å². The minimum Gasteiger partial charge on any atom is -0.493 e. The maximum Gasteiger partial charge on any atom is 0.269 e. The molecule has 0 aliphatic carbocycles. The van der Waals surface area contributed by atoms with Gasteiger partial charge < -0.3 is 13.9 Å². The lowest BCUT2D eigenvalue weighted by molar-refractivity contribution is -0.384. The Balaban J connectivity index is 1.60. The largest absolute Gasteiger partial charge is 0.493 e. The monoisotopic (exact) mass is 391 g/mol. The fraction of sp³-hybridized carbons (Fsp3) is 0.190. The number of nitro groups is 1. The van der Waals surface area contributed by atoms with Crippen molar-refractivity contribution in [3.05, 3.63) is 87.9 Å². The number of hydrazone groups is 1. The molecule has 2 atom stereocenters. The lowest BCUT2D eigenvalue weighted by Crippen LogP contribution is -2.33. The first-order valence-electron chi connectivity index (χ1n) is 9.13. The zero-order chi connectivity index (χ0) is 20.0. The van der Waals surface area contributed by atoms with Gasteiger partial charge in [-0.15, -0.1) is 0 Å². The molecule has 0 amide bonds. The van der Waals surface area contributed by atoms with E-state index in [4.69, 9.17) is 19.0 Å². The number of furan rings is 1. The van der Waals surface area contributed by atoms with Crippen LogP contribution in [0, 0.1) is 10.1 Å². The van der Waals surface area contributed by atoms with Gasteiger partial charge in [0.25, 0.3) is 5.69 Å². The van der Waals surface area contributed by atoms with Crippen LogP contribution >= 0.6 is 0 Å². The van der Waals surface area contributed by atoms with Crippen LogP contribution in [0.3, 0.4) is 0 Å². The lowest BCUT2D eigenvalue weighted by atomic mass is 9.97. The number of ether oxygens (including phenoxy) is 2. The van der Waals surface area contributed by atoms with Crippen molar-refractivity contribution in [2.75, 3.05) is 7.11 Å². The topological polar surface area (TPSA) is 90.3 Å². The highest BCUT2D eigenvalue weighted by molar-refractivity contribution is 5.99. The van der Waals surface area contributed by atoms with Crippen LogP contribution in [-0.2, 0) is 0 Å². The van der Waals surface area contributed by atoms with Gasteiger partial charge in [0.2, 0.25) is 6.23 Å². The average Bonchev–Trinajstić information content (AvgIpc) is 3.42. The van der Waals surface area contributed by atoms with Crippen LogP contribution in [0.5, 0.6) is 11.5 Å². The number of fused-ring (bicyclic) bond motifs is 3. The van der Waals surface area contributed by atoms with Gasteiger partial charge >= 0.3 is 0 Å². The highest BCUT2D eigenvalue weighted by Crippen LogP contribution is 2.50. The normalized spacial score (nSPS) is 19.8. The Morgan fingerprint density at radius 1 is 1.17 bits per heavy atom. The molecule has 29 heavy (non-hydrogen) atoms. The van der Waals surface area contributed by atoms with E-state index in [2.05, 4.69) is 0 Å². The minimum absolute atomic E-state index is 0.0280. The van der Waals surface area contributed by atoms with E-state index >= 15 is 0 Å². The first kappa shape index (κ1) is 17.3. The van der Waals surface area contributed by atoms with Crippen molar-refractivity contribution in [2.24, 2.45) is 5.10 Å². The number of hydrogen-bond donors (Lipinski definition) is 0. The molecule has 2 aliphatic rings. The summed E-state index contributed by atoms with van der Waals surface area (Å²) in [6, 6.07) is 15.8. The number of rotatable bonds is 4. The first-order chi connectivity index (χ1) is 14.2. The summed E-state index contributed by atoms with van der Waals surface area (Å²) in [5.74, 6) is 2.02. The number of benzene rings is 2. The molecular formula is C21H17N3O5. The molecule has 0 spiro atoms. The van der Waals surface area contributed by atoms with Crippen LogP contribution in [0.1, 0.15) is 35.6 Å². The van der Waals surface area contributed by atoms with Crippen molar-refractivity contribution < 1.29 is 18.8 Å². The van der Waals surface area contributed by atoms with E-state index in [-0.39, 0.29) is 11.7 Å². The molecular weight excluding hydrogens is 374 g/mol. The summed E-state index contributed by atoms with van der Waals surface area (Å²) in [4.78, 5) is 10.6. The van der Waals surface area contributed by atoms with Gasteiger partial charge in [-0.2, -0.15) is 5.10 Å². The third-order valence-corrected chi connectivity index (χ3v) is 5.19. The molecule has 3 heterocycles. The van der Waals surface area contributed by atoms with Crippen LogP contribution < -0.4 is 9.47 Å². The molecule has 8 nitrogen and oxygen atoms in total. The van der Waals surface area contributed by atoms with Crippen molar-refractivity contribution in [2.45, 2.75) is 18.7 Å². The molecule has 8 heteroatoms. The summed E-state index contributed by atoms with van der Waals surface area (Å²) >= 11 is 0. The standard InChI is InChI=1S/C21H17N3O5/c1-27-19-5-2-4-15-17-12-16(18-6-3-11-28-18)22-23(17)21(29-20(15)19)13-7-9-14(10-8-13)24(25)26/h2-11,17,21H,12H2,1H3. The zero-order valence-electron chi connectivity index (χ0n) is 15.5. The minimum atomic E-state index is -0.544. The zero-order valence-corrected chi connectivity index (χ0v) is 15.5.